The van der Waals surface area contributed by atoms with Gasteiger partial charge in [-0.05, 0) is 36.2 Å². The number of benzene rings is 1. The van der Waals surface area contributed by atoms with E-state index in [0.29, 0.717) is 13.1 Å². The third-order valence-electron chi connectivity index (χ3n) is 3.00. The highest BCUT2D eigenvalue weighted by molar-refractivity contribution is 7.09. The molecule has 0 spiro atoms. The number of likely N-dealkylation sites (N-methyl/N-ethyl adjacent to an activating group) is 1. The Morgan fingerprint density at radius 3 is 2.75 bits per heavy atom. The Hall–Kier alpha value is -1.59. The van der Waals surface area contributed by atoms with E-state index in [2.05, 4.69) is 0 Å². The number of ketones is 1. The van der Waals surface area contributed by atoms with Crippen LogP contribution in [0.1, 0.15) is 22.2 Å². The Bertz CT molecular complexity index is 584. The van der Waals surface area contributed by atoms with Gasteiger partial charge in [-0.3, -0.25) is 9.69 Å². The van der Waals surface area contributed by atoms with E-state index < -0.39 is 17.4 Å². The van der Waals surface area contributed by atoms with Crippen LogP contribution in [0.15, 0.2) is 35.7 Å². The van der Waals surface area contributed by atoms with Crippen molar-refractivity contribution < 1.29 is 13.6 Å². The Balaban J connectivity index is 2.07. The van der Waals surface area contributed by atoms with Crippen LogP contribution in [0.5, 0.6) is 0 Å². The SMILES string of the molecule is CCN(CC(=O)c1cc(F)ccc1F)Cc1cccs1. The number of rotatable bonds is 6. The zero-order chi connectivity index (χ0) is 14.5. The molecule has 106 valence electrons. The Kier molecular flexibility index (Phi) is 4.98. The fourth-order valence-corrected chi connectivity index (χ4v) is 2.65. The van der Waals surface area contributed by atoms with E-state index in [4.69, 9.17) is 0 Å². The molecule has 0 aliphatic heterocycles. The average Bonchev–Trinajstić information content (AvgIpc) is 2.93. The van der Waals surface area contributed by atoms with Gasteiger partial charge in [0, 0.05) is 11.4 Å². The molecule has 0 bridgehead atoms. The number of halogens is 2. The van der Waals surface area contributed by atoms with Gasteiger partial charge in [-0.1, -0.05) is 13.0 Å². The smallest absolute Gasteiger partial charge is 0.179 e. The maximum Gasteiger partial charge on any atom is 0.179 e. The van der Waals surface area contributed by atoms with E-state index in [0.717, 1.165) is 23.1 Å². The van der Waals surface area contributed by atoms with Gasteiger partial charge in [0.1, 0.15) is 11.6 Å². The van der Waals surface area contributed by atoms with E-state index in [9.17, 15) is 13.6 Å². The van der Waals surface area contributed by atoms with Gasteiger partial charge in [0.05, 0.1) is 12.1 Å². The van der Waals surface area contributed by atoms with Gasteiger partial charge in [0.25, 0.3) is 0 Å². The average molecular weight is 295 g/mol. The highest BCUT2D eigenvalue weighted by atomic mass is 32.1. The summed E-state index contributed by atoms with van der Waals surface area (Å²) in [5, 5.41) is 1.97. The fourth-order valence-electron chi connectivity index (χ4n) is 1.90. The van der Waals surface area contributed by atoms with E-state index in [1.807, 2.05) is 29.3 Å². The highest BCUT2D eigenvalue weighted by Gasteiger charge is 2.16. The molecule has 20 heavy (non-hydrogen) atoms. The summed E-state index contributed by atoms with van der Waals surface area (Å²) in [6, 6.07) is 6.88. The predicted molar refractivity (Wildman–Crippen MR) is 76.0 cm³/mol. The first-order valence-electron chi connectivity index (χ1n) is 6.33. The molecule has 0 aliphatic rings. The summed E-state index contributed by atoms with van der Waals surface area (Å²) in [6.07, 6.45) is 0. The van der Waals surface area contributed by atoms with Crippen molar-refractivity contribution >= 4 is 17.1 Å². The summed E-state index contributed by atoms with van der Waals surface area (Å²) in [7, 11) is 0. The lowest BCUT2D eigenvalue weighted by molar-refractivity contribution is 0.0925. The second-order valence-electron chi connectivity index (χ2n) is 4.43. The third-order valence-corrected chi connectivity index (χ3v) is 3.86. The molecular formula is C15H15F2NOS. The summed E-state index contributed by atoms with van der Waals surface area (Å²) in [5.41, 5.74) is -0.186. The van der Waals surface area contributed by atoms with Crippen molar-refractivity contribution in [3.8, 4) is 0 Å². The van der Waals surface area contributed by atoms with Gasteiger partial charge < -0.3 is 0 Å². The highest BCUT2D eigenvalue weighted by Crippen LogP contribution is 2.14. The molecule has 0 aliphatic carbocycles. The molecule has 0 atom stereocenters. The van der Waals surface area contributed by atoms with Gasteiger partial charge in [-0.25, -0.2) is 8.78 Å². The van der Waals surface area contributed by atoms with Crippen molar-refractivity contribution in [1.29, 1.82) is 0 Å². The minimum atomic E-state index is -0.677. The number of hydrogen-bond acceptors (Lipinski definition) is 3. The van der Waals surface area contributed by atoms with Crippen LogP contribution in [0.4, 0.5) is 8.78 Å². The monoisotopic (exact) mass is 295 g/mol. The number of carbonyl (C=O) groups is 1. The van der Waals surface area contributed by atoms with E-state index in [1.165, 1.54) is 0 Å². The van der Waals surface area contributed by atoms with Gasteiger partial charge in [-0.15, -0.1) is 11.3 Å². The first-order chi connectivity index (χ1) is 9.60. The second-order valence-corrected chi connectivity index (χ2v) is 5.46. The van der Waals surface area contributed by atoms with E-state index >= 15 is 0 Å². The van der Waals surface area contributed by atoms with Crippen molar-refractivity contribution in [2.75, 3.05) is 13.1 Å². The largest absolute Gasteiger partial charge is 0.293 e. The van der Waals surface area contributed by atoms with Crippen LogP contribution >= 0.6 is 11.3 Å². The Morgan fingerprint density at radius 1 is 1.30 bits per heavy atom. The molecule has 0 N–H and O–H groups in total. The lowest BCUT2D eigenvalue weighted by Crippen LogP contribution is -2.29. The number of nitrogens with zero attached hydrogens (tertiary/aromatic N) is 1. The van der Waals surface area contributed by atoms with Crippen LogP contribution in [0, 0.1) is 11.6 Å². The molecule has 1 heterocycles. The van der Waals surface area contributed by atoms with Gasteiger partial charge in [0.15, 0.2) is 5.78 Å². The normalized spacial score (nSPS) is 11.0. The molecule has 2 aromatic rings. The molecule has 0 fully saturated rings. The van der Waals surface area contributed by atoms with Crippen LogP contribution in [0.25, 0.3) is 0 Å². The lowest BCUT2D eigenvalue weighted by Gasteiger charge is -2.18. The first kappa shape index (κ1) is 14.8. The lowest BCUT2D eigenvalue weighted by atomic mass is 10.1. The quantitative estimate of drug-likeness (QED) is 0.757. The number of thiophene rings is 1. The van der Waals surface area contributed by atoms with Crippen molar-refractivity contribution in [3.05, 3.63) is 57.8 Å². The van der Waals surface area contributed by atoms with Crippen molar-refractivity contribution in [2.24, 2.45) is 0 Å². The van der Waals surface area contributed by atoms with E-state index in [1.54, 1.807) is 11.3 Å². The molecule has 2 nitrogen and oxygen atoms in total. The van der Waals surface area contributed by atoms with Crippen LogP contribution < -0.4 is 0 Å². The molecule has 5 heteroatoms. The zero-order valence-electron chi connectivity index (χ0n) is 11.1. The summed E-state index contributed by atoms with van der Waals surface area (Å²) in [5.74, 6) is -1.68. The second kappa shape index (κ2) is 6.72. The molecule has 1 aromatic heterocycles. The maximum atomic E-state index is 13.5. The molecule has 1 aromatic carbocycles. The molecule has 0 amide bonds. The summed E-state index contributed by atoms with van der Waals surface area (Å²) < 4.78 is 26.6. The summed E-state index contributed by atoms with van der Waals surface area (Å²) in [6.45, 7) is 3.31. The van der Waals surface area contributed by atoms with Crippen molar-refractivity contribution in [3.63, 3.8) is 0 Å². The summed E-state index contributed by atoms with van der Waals surface area (Å²) >= 11 is 1.61. The Labute approximate surface area is 120 Å². The van der Waals surface area contributed by atoms with Crippen LogP contribution in [0.2, 0.25) is 0 Å². The zero-order valence-corrected chi connectivity index (χ0v) is 11.9. The molecule has 2 rings (SSSR count). The fraction of sp³-hybridized carbons (Fsp3) is 0.267. The molecule has 0 saturated carbocycles. The standard InChI is InChI=1S/C15H15F2NOS/c1-2-18(9-12-4-3-7-20-12)10-15(19)13-8-11(16)5-6-14(13)17/h3-8H,2,9-10H2,1H3. The first-order valence-corrected chi connectivity index (χ1v) is 7.21. The van der Waals surface area contributed by atoms with Crippen LogP contribution in [0.3, 0.4) is 0 Å². The minimum Gasteiger partial charge on any atom is -0.293 e. The van der Waals surface area contributed by atoms with Crippen molar-refractivity contribution in [1.82, 2.24) is 4.90 Å². The predicted octanol–water partition coefficient (Wildman–Crippen LogP) is 3.73. The van der Waals surface area contributed by atoms with Gasteiger partial charge in [0.2, 0.25) is 0 Å². The molecule has 0 unspecified atom stereocenters. The number of Topliss-reactive ketones (excluding diaryl/α,β-unsaturated/α-hetero) is 1. The molecule has 0 saturated heterocycles. The van der Waals surface area contributed by atoms with E-state index in [-0.39, 0.29) is 12.1 Å². The third kappa shape index (κ3) is 3.71. The topological polar surface area (TPSA) is 20.3 Å². The number of hydrogen-bond donors (Lipinski definition) is 0. The summed E-state index contributed by atoms with van der Waals surface area (Å²) in [4.78, 5) is 15.1. The molecule has 0 radical (unpaired) electrons. The van der Waals surface area contributed by atoms with Crippen molar-refractivity contribution in [2.45, 2.75) is 13.5 Å². The minimum absolute atomic E-state index is 0.0781. The van der Waals surface area contributed by atoms with Gasteiger partial charge in [-0.2, -0.15) is 0 Å². The molecular weight excluding hydrogens is 280 g/mol. The Morgan fingerprint density at radius 2 is 2.10 bits per heavy atom. The maximum absolute atomic E-state index is 13.5. The van der Waals surface area contributed by atoms with Gasteiger partial charge >= 0.3 is 0 Å². The number of carbonyl (C=O) groups excluding carboxylic acids is 1. The van der Waals surface area contributed by atoms with Crippen LogP contribution in [-0.4, -0.2) is 23.8 Å². The van der Waals surface area contributed by atoms with Crippen LogP contribution in [-0.2, 0) is 6.54 Å².